The van der Waals surface area contributed by atoms with Gasteiger partial charge in [0.05, 0.1) is 25.3 Å². The molecule has 0 aromatic heterocycles. The second kappa shape index (κ2) is 9.89. The first-order valence-corrected chi connectivity index (χ1v) is 9.14. The number of nitrogens with one attached hydrogen (secondary N) is 2. The minimum Gasteiger partial charge on any atom is -0.497 e. The quantitative estimate of drug-likeness (QED) is 0.612. The van der Waals surface area contributed by atoms with Crippen molar-refractivity contribution in [2.75, 3.05) is 19.0 Å². The number of carbonyl (C=O) groups is 2. The SMILES string of the molecule is CCCCOc1ccc(OC)cc1NC(=O)NC1CCC(C(=O)O)CC1. The molecule has 144 valence electrons. The Labute approximate surface area is 154 Å². The second-order valence-electron chi connectivity index (χ2n) is 6.55. The highest BCUT2D eigenvalue weighted by Gasteiger charge is 2.26. The Balaban J connectivity index is 1.93. The van der Waals surface area contributed by atoms with Crippen molar-refractivity contribution < 1.29 is 24.2 Å². The predicted octanol–water partition coefficient (Wildman–Crippen LogP) is 3.64. The van der Waals surface area contributed by atoms with Crippen LogP contribution in [0.15, 0.2) is 18.2 Å². The second-order valence-corrected chi connectivity index (χ2v) is 6.55. The highest BCUT2D eigenvalue weighted by atomic mass is 16.5. The summed E-state index contributed by atoms with van der Waals surface area (Å²) in [7, 11) is 1.57. The number of amides is 2. The largest absolute Gasteiger partial charge is 0.497 e. The molecular weight excluding hydrogens is 336 g/mol. The Bertz CT molecular complexity index is 612. The molecule has 1 fully saturated rings. The summed E-state index contributed by atoms with van der Waals surface area (Å²) in [6, 6.07) is 4.96. The average Bonchev–Trinajstić information content (AvgIpc) is 2.63. The molecule has 0 spiro atoms. The van der Waals surface area contributed by atoms with Crippen molar-refractivity contribution in [1.82, 2.24) is 5.32 Å². The number of carbonyl (C=O) groups excluding carboxylic acids is 1. The molecule has 1 aromatic carbocycles. The van der Waals surface area contributed by atoms with Crippen LogP contribution in [-0.2, 0) is 4.79 Å². The molecule has 2 amide bonds. The fraction of sp³-hybridized carbons (Fsp3) is 0.579. The van der Waals surface area contributed by atoms with Crippen molar-refractivity contribution in [1.29, 1.82) is 0 Å². The number of ether oxygens (including phenoxy) is 2. The van der Waals surface area contributed by atoms with Gasteiger partial charge in [-0.2, -0.15) is 0 Å². The Hall–Kier alpha value is -2.44. The van der Waals surface area contributed by atoms with E-state index in [0.717, 1.165) is 12.8 Å². The van der Waals surface area contributed by atoms with Crippen molar-refractivity contribution in [3.63, 3.8) is 0 Å². The van der Waals surface area contributed by atoms with Crippen LogP contribution in [0.2, 0.25) is 0 Å². The topological polar surface area (TPSA) is 96.9 Å². The summed E-state index contributed by atoms with van der Waals surface area (Å²) in [5.74, 6) is 0.181. The van der Waals surface area contributed by atoms with Gasteiger partial charge in [-0.1, -0.05) is 13.3 Å². The van der Waals surface area contributed by atoms with Crippen molar-refractivity contribution in [2.45, 2.75) is 51.5 Å². The van der Waals surface area contributed by atoms with E-state index in [-0.39, 0.29) is 18.0 Å². The van der Waals surface area contributed by atoms with Crippen molar-refractivity contribution in [3.8, 4) is 11.5 Å². The van der Waals surface area contributed by atoms with Crippen LogP contribution in [0.3, 0.4) is 0 Å². The van der Waals surface area contributed by atoms with Crippen LogP contribution in [0, 0.1) is 5.92 Å². The zero-order valence-corrected chi connectivity index (χ0v) is 15.4. The number of aliphatic carboxylic acids is 1. The minimum absolute atomic E-state index is 0.0133. The number of unbranched alkanes of at least 4 members (excludes halogenated alkanes) is 1. The van der Waals surface area contributed by atoms with Crippen LogP contribution < -0.4 is 20.1 Å². The first-order chi connectivity index (χ1) is 12.5. The summed E-state index contributed by atoms with van der Waals surface area (Å²) in [5.41, 5.74) is 0.553. The van der Waals surface area contributed by atoms with Crippen LogP contribution in [0.5, 0.6) is 11.5 Å². The molecule has 0 saturated heterocycles. The van der Waals surface area contributed by atoms with Crippen LogP contribution >= 0.6 is 0 Å². The Morgan fingerprint density at radius 2 is 1.96 bits per heavy atom. The van der Waals surface area contributed by atoms with Crippen molar-refractivity contribution in [3.05, 3.63) is 18.2 Å². The van der Waals surface area contributed by atoms with Gasteiger partial charge in [0.1, 0.15) is 11.5 Å². The lowest BCUT2D eigenvalue weighted by atomic mass is 9.86. The third kappa shape index (κ3) is 5.82. The average molecular weight is 364 g/mol. The third-order valence-electron chi connectivity index (χ3n) is 4.60. The number of methoxy groups -OCH3 is 1. The zero-order valence-electron chi connectivity index (χ0n) is 15.4. The smallest absolute Gasteiger partial charge is 0.319 e. The number of hydrogen-bond acceptors (Lipinski definition) is 4. The minimum atomic E-state index is -0.752. The van der Waals surface area contributed by atoms with E-state index >= 15 is 0 Å². The van der Waals surface area contributed by atoms with Crippen LogP contribution in [0.1, 0.15) is 45.4 Å². The molecule has 1 aliphatic rings. The Kier molecular flexibility index (Phi) is 7.56. The fourth-order valence-corrected chi connectivity index (χ4v) is 3.01. The molecule has 0 atom stereocenters. The van der Waals surface area contributed by atoms with Gasteiger partial charge in [0.25, 0.3) is 0 Å². The standard InChI is InChI=1S/C19H28N2O5/c1-3-4-11-26-17-10-9-15(25-2)12-16(17)21-19(24)20-14-7-5-13(6-8-14)18(22)23/h9-10,12-14H,3-8,11H2,1-2H3,(H,22,23)(H2,20,21,24). The molecule has 1 aromatic rings. The van der Waals surface area contributed by atoms with Crippen molar-refractivity contribution >= 4 is 17.7 Å². The van der Waals surface area contributed by atoms with E-state index in [2.05, 4.69) is 17.6 Å². The molecule has 7 heteroatoms. The summed E-state index contributed by atoms with van der Waals surface area (Å²) in [5, 5.41) is 14.8. The van der Waals surface area contributed by atoms with Gasteiger partial charge in [0.2, 0.25) is 0 Å². The fourth-order valence-electron chi connectivity index (χ4n) is 3.01. The molecule has 1 saturated carbocycles. The van der Waals surface area contributed by atoms with Gasteiger partial charge in [-0.3, -0.25) is 4.79 Å². The molecule has 7 nitrogen and oxygen atoms in total. The number of benzene rings is 1. The molecule has 3 N–H and O–H groups in total. The molecule has 2 rings (SSSR count). The molecule has 1 aliphatic carbocycles. The molecule has 26 heavy (non-hydrogen) atoms. The Morgan fingerprint density at radius 1 is 1.23 bits per heavy atom. The van der Waals surface area contributed by atoms with Crippen LogP contribution in [0.4, 0.5) is 10.5 Å². The van der Waals surface area contributed by atoms with E-state index in [1.54, 1.807) is 25.3 Å². The zero-order chi connectivity index (χ0) is 18.9. The van der Waals surface area contributed by atoms with Crippen LogP contribution in [0.25, 0.3) is 0 Å². The number of carboxylic acid groups (broad SMARTS) is 1. The number of anilines is 1. The summed E-state index contributed by atoms with van der Waals surface area (Å²) in [4.78, 5) is 23.3. The van der Waals surface area contributed by atoms with Gasteiger partial charge < -0.3 is 25.2 Å². The van der Waals surface area contributed by atoms with E-state index in [1.165, 1.54) is 0 Å². The lowest BCUT2D eigenvalue weighted by Crippen LogP contribution is -2.41. The number of carboxylic acids is 1. The summed E-state index contributed by atoms with van der Waals surface area (Å²) >= 11 is 0. The Morgan fingerprint density at radius 3 is 2.58 bits per heavy atom. The first-order valence-electron chi connectivity index (χ1n) is 9.14. The molecule has 0 unspecified atom stereocenters. The van der Waals surface area contributed by atoms with Gasteiger partial charge in [-0.05, 0) is 44.2 Å². The van der Waals surface area contributed by atoms with E-state index in [1.807, 2.05) is 0 Å². The normalized spacial score (nSPS) is 19.5. The van der Waals surface area contributed by atoms with Crippen LogP contribution in [-0.4, -0.2) is 36.9 Å². The number of rotatable bonds is 8. The predicted molar refractivity (Wildman–Crippen MR) is 98.9 cm³/mol. The molecule has 0 heterocycles. The highest BCUT2D eigenvalue weighted by Crippen LogP contribution is 2.30. The lowest BCUT2D eigenvalue weighted by molar-refractivity contribution is -0.142. The van der Waals surface area contributed by atoms with E-state index in [0.29, 0.717) is 49.5 Å². The van der Waals surface area contributed by atoms with Gasteiger partial charge in [0, 0.05) is 12.1 Å². The maximum Gasteiger partial charge on any atom is 0.319 e. The number of urea groups is 1. The van der Waals surface area contributed by atoms with Crippen molar-refractivity contribution in [2.24, 2.45) is 5.92 Å². The van der Waals surface area contributed by atoms with Gasteiger partial charge in [-0.25, -0.2) is 4.79 Å². The van der Waals surface area contributed by atoms with E-state index in [9.17, 15) is 9.59 Å². The maximum absolute atomic E-state index is 12.3. The van der Waals surface area contributed by atoms with Gasteiger partial charge >= 0.3 is 12.0 Å². The monoisotopic (exact) mass is 364 g/mol. The maximum atomic E-state index is 12.3. The summed E-state index contributed by atoms with van der Waals surface area (Å²) < 4.78 is 11.0. The molecule has 0 radical (unpaired) electrons. The molecule has 0 bridgehead atoms. The first kappa shape index (κ1) is 19.9. The summed E-state index contributed by atoms with van der Waals surface area (Å²) in [6.07, 6.45) is 4.48. The highest BCUT2D eigenvalue weighted by molar-refractivity contribution is 5.91. The summed E-state index contributed by atoms with van der Waals surface area (Å²) in [6.45, 7) is 2.67. The molecule has 0 aliphatic heterocycles. The van der Waals surface area contributed by atoms with Gasteiger partial charge in [-0.15, -0.1) is 0 Å². The third-order valence-corrected chi connectivity index (χ3v) is 4.60. The molecular formula is C19H28N2O5. The lowest BCUT2D eigenvalue weighted by Gasteiger charge is -2.27. The van der Waals surface area contributed by atoms with E-state index < -0.39 is 5.97 Å². The number of hydrogen-bond donors (Lipinski definition) is 3. The van der Waals surface area contributed by atoms with E-state index in [4.69, 9.17) is 14.6 Å². The van der Waals surface area contributed by atoms with Gasteiger partial charge in [0.15, 0.2) is 0 Å².